The highest BCUT2D eigenvalue weighted by Gasteiger charge is 2.39. The first-order chi connectivity index (χ1) is 23.5. The van der Waals surface area contributed by atoms with Crippen LogP contribution in [0.1, 0.15) is 61.6 Å². The zero-order valence-corrected chi connectivity index (χ0v) is 29.2. The van der Waals surface area contributed by atoms with Gasteiger partial charge >= 0.3 is 0 Å². The van der Waals surface area contributed by atoms with Crippen LogP contribution in [0.3, 0.4) is 0 Å². The van der Waals surface area contributed by atoms with Crippen molar-refractivity contribution >= 4 is 67.6 Å². The number of benzene rings is 3. The number of carbonyl (C=O) groups excluding carboxylic acids is 5. The summed E-state index contributed by atoms with van der Waals surface area (Å²) in [5.41, 5.74) is 0.403. The molecule has 0 aliphatic heterocycles. The Morgan fingerprint density at radius 2 is 1.60 bits per heavy atom. The molecule has 260 valence electrons. The third kappa shape index (κ3) is 8.56. The van der Waals surface area contributed by atoms with Gasteiger partial charge in [0, 0.05) is 48.4 Å². The van der Waals surface area contributed by atoms with Gasteiger partial charge < -0.3 is 4.74 Å². The first-order valence-electron chi connectivity index (χ1n) is 14.8. The van der Waals surface area contributed by atoms with Crippen molar-refractivity contribution in [2.45, 2.75) is 31.1 Å². The molecule has 0 N–H and O–H groups in total. The van der Waals surface area contributed by atoms with Crippen molar-refractivity contribution in [3.05, 3.63) is 115 Å². The van der Waals surface area contributed by atoms with Gasteiger partial charge in [-0.05, 0) is 43.7 Å². The van der Waals surface area contributed by atoms with E-state index in [0.29, 0.717) is 22.7 Å². The second-order valence-electron chi connectivity index (χ2n) is 11.2. The minimum atomic E-state index is -3.70. The molecule has 0 spiro atoms. The molecule has 1 fully saturated rings. The van der Waals surface area contributed by atoms with E-state index in [0.717, 1.165) is 24.5 Å². The SMILES string of the molecule is CS(=O)(=O)c1ccc(C(=O)C2C(=O)CCCC2=O)c([N+](=O)[O-])c1.Cc1nn(C)c(OCC(=O)c2ccccc2)c1C(=O)c1ccc(Cl)cc1Cl. The van der Waals surface area contributed by atoms with Crippen LogP contribution in [-0.2, 0) is 26.5 Å². The molecule has 0 saturated heterocycles. The zero-order valence-electron chi connectivity index (χ0n) is 26.8. The van der Waals surface area contributed by atoms with Crippen LogP contribution in [0.5, 0.6) is 5.88 Å². The number of aryl methyl sites for hydroxylation is 2. The van der Waals surface area contributed by atoms with Gasteiger partial charge in [0.15, 0.2) is 39.6 Å². The number of nitrogens with zero attached hydrogens (tertiary/aromatic N) is 3. The monoisotopic (exact) mass is 741 g/mol. The number of ketones is 5. The normalized spacial score (nSPS) is 13.3. The van der Waals surface area contributed by atoms with E-state index >= 15 is 0 Å². The van der Waals surface area contributed by atoms with Gasteiger partial charge in [0.25, 0.3) is 5.69 Å². The summed E-state index contributed by atoms with van der Waals surface area (Å²) in [7, 11) is -2.05. The third-order valence-corrected chi connectivity index (χ3v) is 9.28. The van der Waals surface area contributed by atoms with Crippen LogP contribution in [0.25, 0.3) is 0 Å². The molecule has 4 aromatic rings. The van der Waals surface area contributed by atoms with E-state index in [-0.39, 0.29) is 57.9 Å². The number of ether oxygens (including phenoxy) is 1. The van der Waals surface area contributed by atoms with Crippen molar-refractivity contribution in [3.8, 4) is 5.88 Å². The quantitative estimate of drug-likeness (QED) is 0.0845. The third-order valence-electron chi connectivity index (χ3n) is 7.62. The predicted octanol–water partition coefficient (Wildman–Crippen LogP) is 5.65. The predicted molar refractivity (Wildman–Crippen MR) is 182 cm³/mol. The Balaban J connectivity index is 0.000000228. The molecule has 0 radical (unpaired) electrons. The van der Waals surface area contributed by atoms with E-state index in [1.807, 2.05) is 6.07 Å². The van der Waals surface area contributed by atoms with Crippen LogP contribution in [0.2, 0.25) is 10.0 Å². The summed E-state index contributed by atoms with van der Waals surface area (Å²) in [5, 5.41) is 16.1. The van der Waals surface area contributed by atoms with E-state index in [1.165, 1.54) is 10.7 Å². The molecule has 5 rings (SSSR count). The van der Waals surface area contributed by atoms with Gasteiger partial charge in [-0.1, -0.05) is 53.5 Å². The van der Waals surface area contributed by atoms with E-state index in [2.05, 4.69) is 5.10 Å². The summed E-state index contributed by atoms with van der Waals surface area (Å²) >= 11 is 12.1. The number of carbonyl (C=O) groups is 5. The molecule has 50 heavy (non-hydrogen) atoms. The van der Waals surface area contributed by atoms with Crippen molar-refractivity contribution in [1.29, 1.82) is 0 Å². The summed E-state index contributed by atoms with van der Waals surface area (Å²) in [6.45, 7) is 1.49. The number of nitro groups is 1. The Bertz CT molecular complexity index is 2130. The van der Waals surface area contributed by atoms with Crippen LogP contribution in [-0.4, -0.2) is 64.9 Å². The minimum Gasteiger partial charge on any atom is -0.469 e. The lowest BCUT2D eigenvalue weighted by atomic mass is 9.81. The molecule has 0 bridgehead atoms. The van der Waals surface area contributed by atoms with Gasteiger partial charge in [-0.15, -0.1) is 0 Å². The van der Waals surface area contributed by atoms with Crippen LogP contribution in [0.15, 0.2) is 71.6 Å². The highest BCUT2D eigenvalue weighted by molar-refractivity contribution is 7.90. The Labute approximate surface area is 296 Å². The fourth-order valence-electron chi connectivity index (χ4n) is 5.17. The molecule has 16 heteroatoms. The standard InChI is InChI=1S/C20H16Cl2N2O3.C14H13NO7S/c1-12-18(19(26)15-9-8-14(21)10-16(15)22)20(24(2)23-12)27-11-17(25)13-6-4-3-5-7-13;1-23(21,22)8-5-6-9(10(7-8)15(19)20)14(18)13-11(16)3-2-4-12(13)17/h3-10H,11H2,1-2H3;5-7,13H,2-4H2,1H3. The van der Waals surface area contributed by atoms with Crippen molar-refractivity contribution in [2.24, 2.45) is 13.0 Å². The lowest BCUT2D eigenvalue weighted by Crippen LogP contribution is -2.35. The number of nitro benzene ring substituents is 1. The van der Waals surface area contributed by atoms with Crippen LogP contribution >= 0.6 is 23.2 Å². The van der Waals surface area contributed by atoms with Gasteiger partial charge in [-0.3, -0.25) is 34.1 Å². The highest BCUT2D eigenvalue weighted by Crippen LogP contribution is 2.30. The molecule has 1 saturated carbocycles. The van der Waals surface area contributed by atoms with Gasteiger partial charge in [0.2, 0.25) is 11.7 Å². The van der Waals surface area contributed by atoms with Crippen LogP contribution in [0.4, 0.5) is 5.69 Å². The summed E-state index contributed by atoms with van der Waals surface area (Å²) < 4.78 is 30.1. The molecule has 1 aliphatic rings. The fourth-order valence-corrected chi connectivity index (χ4v) is 6.30. The number of Topliss-reactive ketones (excluding diaryl/α,β-unsaturated/α-hetero) is 4. The highest BCUT2D eigenvalue weighted by atomic mass is 35.5. The smallest absolute Gasteiger partial charge is 0.281 e. The molecule has 0 amide bonds. The average molecular weight is 743 g/mol. The van der Waals surface area contributed by atoms with Crippen LogP contribution in [0, 0.1) is 23.0 Å². The lowest BCUT2D eigenvalue weighted by Gasteiger charge is -2.18. The topological polar surface area (TPSA) is 190 Å². The Kier molecular flexibility index (Phi) is 11.8. The van der Waals surface area contributed by atoms with Gasteiger partial charge in [0.1, 0.15) is 11.5 Å². The van der Waals surface area contributed by atoms with Gasteiger partial charge in [-0.25, -0.2) is 13.1 Å². The summed E-state index contributed by atoms with van der Waals surface area (Å²) in [6, 6.07) is 16.2. The number of rotatable bonds is 10. The van der Waals surface area contributed by atoms with Crippen LogP contribution < -0.4 is 4.74 Å². The maximum Gasteiger partial charge on any atom is 0.281 e. The molecule has 1 aromatic heterocycles. The number of hydrogen-bond acceptors (Lipinski definition) is 11. The summed E-state index contributed by atoms with van der Waals surface area (Å²) in [5.74, 6) is -3.94. The Hall–Kier alpha value is -5.05. The lowest BCUT2D eigenvalue weighted by molar-refractivity contribution is -0.385. The maximum absolute atomic E-state index is 13.0. The van der Waals surface area contributed by atoms with E-state index < -0.39 is 49.3 Å². The molecule has 13 nitrogen and oxygen atoms in total. The Morgan fingerprint density at radius 1 is 0.980 bits per heavy atom. The fraction of sp³-hybridized carbons (Fsp3) is 0.235. The molecular formula is C34H29Cl2N3O10S. The molecule has 0 atom stereocenters. The number of sulfone groups is 1. The van der Waals surface area contributed by atoms with E-state index in [1.54, 1.807) is 50.4 Å². The first-order valence-corrected chi connectivity index (χ1v) is 17.5. The average Bonchev–Trinajstić information content (AvgIpc) is 3.35. The molecule has 3 aromatic carbocycles. The molecular weight excluding hydrogens is 713 g/mol. The number of hydrogen-bond donors (Lipinski definition) is 0. The number of halogens is 2. The second kappa shape index (κ2) is 15.7. The maximum atomic E-state index is 13.0. The van der Waals surface area contributed by atoms with Crippen molar-refractivity contribution < 1.29 is 42.1 Å². The second-order valence-corrected chi connectivity index (χ2v) is 14.1. The van der Waals surface area contributed by atoms with Crippen molar-refractivity contribution in [1.82, 2.24) is 9.78 Å². The molecule has 1 aliphatic carbocycles. The van der Waals surface area contributed by atoms with Gasteiger partial charge in [0.05, 0.1) is 26.1 Å². The van der Waals surface area contributed by atoms with Crippen molar-refractivity contribution in [2.75, 3.05) is 12.9 Å². The summed E-state index contributed by atoms with van der Waals surface area (Å²) in [6.07, 6.45) is 1.37. The van der Waals surface area contributed by atoms with E-state index in [4.69, 9.17) is 27.9 Å². The molecule has 0 unspecified atom stereocenters. The minimum absolute atomic E-state index is 0.0668. The first kappa shape index (κ1) is 37.8. The van der Waals surface area contributed by atoms with Crippen molar-refractivity contribution in [3.63, 3.8) is 0 Å². The van der Waals surface area contributed by atoms with E-state index in [9.17, 15) is 42.5 Å². The van der Waals surface area contributed by atoms with Gasteiger partial charge in [-0.2, -0.15) is 5.10 Å². The molecule has 1 heterocycles. The summed E-state index contributed by atoms with van der Waals surface area (Å²) in [4.78, 5) is 71.3. The Morgan fingerprint density at radius 3 is 2.18 bits per heavy atom. The zero-order chi connectivity index (χ0) is 36.9. The number of aromatic nitrogens is 2. The largest absolute Gasteiger partial charge is 0.469 e.